The van der Waals surface area contributed by atoms with Crippen molar-refractivity contribution in [3.8, 4) is 0 Å². The van der Waals surface area contributed by atoms with Gasteiger partial charge in [0.2, 0.25) is 5.91 Å². The largest absolute Gasteiger partial charge is 0.478 e. The van der Waals surface area contributed by atoms with Crippen molar-refractivity contribution < 1.29 is 24.6 Å². The van der Waals surface area contributed by atoms with Crippen LogP contribution < -0.4 is 5.32 Å². The Morgan fingerprint density at radius 3 is 2.17 bits per heavy atom. The Bertz CT molecular complexity index is 1010. The molecule has 1 amide bonds. The third-order valence-corrected chi connectivity index (χ3v) is 6.35. The van der Waals surface area contributed by atoms with Crippen LogP contribution in [0.25, 0.3) is 11.0 Å². The Morgan fingerprint density at radius 2 is 1.54 bits per heavy atom. The predicted octanol–water partition coefficient (Wildman–Crippen LogP) is 2.93. The Labute approximate surface area is 204 Å². The first kappa shape index (κ1) is 26.3. The van der Waals surface area contributed by atoms with Gasteiger partial charge in [0.1, 0.15) is 12.1 Å². The lowest BCUT2D eigenvalue weighted by Gasteiger charge is -2.20. The Balaban J connectivity index is 0.000000371. The third kappa shape index (κ3) is 8.43. The Kier molecular flexibility index (Phi) is 10.1. The van der Waals surface area contributed by atoms with Gasteiger partial charge in [-0.3, -0.25) is 4.79 Å². The quantitative estimate of drug-likeness (QED) is 0.502. The number of carboxylic acids is 2. The van der Waals surface area contributed by atoms with E-state index in [1.165, 1.54) is 51.5 Å². The van der Waals surface area contributed by atoms with E-state index in [1.807, 2.05) is 4.68 Å². The maximum absolute atomic E-state index is 12.6. The molecular formula is C24H34N6O5. The minimum Gasteiger partial charge on any atom is -0.478 e. The van der Waals surface area contributed by atoms with Gasteiger partial charge in [-0.15, -0.1) is 0 Å². The molecule has 0 aromatic carbocycles. The van der Waals surface area contributed by atoms with E-state index in [1.54, 1.807) is 6.20 Å². The summed E-state index contributed by atoms with van der Waals surface area (Å²) in [6.07, 6.45) is 15.2. The molecule has 2 fully saturated rings. The van der Waals surface area contributed by atoms with Crippen LogP contribution in [-0.4, -0.2) is 72.3 Å². The van der Waals surface area contributed by atoms with Gasteiger partial charge < -0.3 is 20.4 Å². The van der Waals surface area contributed by atoms with E-state index in [0.717, 1.165) is 49.8 Å². The number of nitrogens with zero attached hydrogens (tertiary/aromatic N) is 5. The van der Waals surface area contributed by atoms with Crippen molar-refractivity contribution in [1.82, 2.24) is 24.6 Å². The van der Waals surface area contributed by atoms with E-state index in [0.29, 0.717) is 18.0 Å². The van der Waals surface area contributed by atoms with Gasteiger partial charge in [0.25, 0.3) is 0 Å². The summed E-state index contributed by atoms with van der Waals surface area (Å²) in [7, 11) is 0. The molecule has 0 radical (unpaired) electrons. The van der Waals surface area contributed by atoms with Gasteiger partial charge in [-0.05, 0) is 38.8 Å². The topological polar surface area (TPSA) is 151 Å². The predicted molar refractivity (Wildman–Crippen MR) is 130 cm³/mol. The van der Waals surface area contributed by atoms with Crippen LogP contribution in [0.4, 0.5) is 5.82 Å². The number of fused-ring (bicyclic) bond motifs is 1. The Hall–Kier alpha value is -3.34. The fraction of sp³-hybridized carbons (Fsp3) is 0.583. The van der Waals surface area contributed by atoms with Crippen molar-refractivity contribution in [2.45, 2.75) is 64.3 Å². The van der Waals surface area contributed by atoms with Gasteiger partial charge in [0.05, 0.1) is 18.1 Å². The number of carbonyl (C=O) groups excluding carboxylic acids is 1. The number of aromatic nitrogens is 4. The first-order valence-electron chi connectivity index (χ1n) is 12.3. The van der Waals surface area contributed by atoms with E-state index in [2.05, 4.69) is 25.3 Å². The summed E-state index contributed by atoms with van der Waals surface area (Å²) in [4.78, 5) is 42.9. The lowest BCUT2D eigenvalue weighted by atomic mass is 9.89. The maximum atomic E-state index is 12.6. The fourth-order valence-corrected chi connectivity index (χ4v) is 4.48. The average molecular weight is 487 g/mol. The minimum atomic E-state index is -1.26. The van der Waals surface area contributed by atoms with Gasteiger partial charge in [-0.2, -0.15) is 5.10 Å². The van der Waals surface area contributed by atoms with Crippen LogP contribution in [0.2, 0.25) is 0 Å². The monoisotopic (exact) mass is 486 g/mol. The van der Waals surface area contributed by atoms with Crippen molar-refractivity contribution in [2.24, 2.45) is 5.92 Å². The molecule has 1 saturated heterocycles. The van der Waals surface area contributed by atoms with Crippen LogP contribution in [0.5, 0.6) is 0 Å². The van der Waals surface area contributed by atoms with E-state index >= 15 is 0 Å². The summed E-state index contributed by atoms with van der Waals surface area (Å²) >= 11 is 0. The zero-order valence-corrected chi connectivity index (χ0v) is 19.9. The molecule has 2 aromatic heterocycles. The molecule has 2 aliphatic rings. The molecule has 11 nitrogen and oxygen atoms in total. The van der Waals surface area contributed by atoms with Crippen LogP contribution in [0.15, 0.2) is 24.7 Å². The standard InChI is InChI=1S/C20H30N6O.C4H4O4/c27-20(16-8-4-3-5-9-16)24-18-17-14-23-26(19(17)22-15-21-18)13-12-25-10-6-1-2-7-11-25;5-3(6)1-2-4(7)8/h14-16H,1-13H2,(H,21,22,24,27);1-2H,(H,5,6)(H,7,8). The fourth-order valence-electron chi connectivity index (χ4n) is 4.48. The summed E-state index contributed by atoms with van der Waals surface area (Å²) in [6, 6.07) is 0. The van der Waals surface area contributed by atoms with E-state index in [4.69, 9.17) is 10.2 Å². The van der Waals surface area contributed by atoms with Crippen molar-refractivity contribution in [2.75, 3.05) is 25.0 Å². The SMILES string of the molecule is O=C(Nc1ncnc2c1cnn2CCN1CCCCCC1)C1CCCCC1.O=C(O)C=CC(=O)O. The van der Waals surface area contributed by atoms with Crippen molar-refractivity contribution in [3.05, 3.63) is 24.7 Å². The molecule has 0 unspecified atom stereocenters. The van der Waals surface area contributed by atoms with E-state index in [9.17, 15) is 14.4 Å². The number of carbonyl (C=O) groups is 3. The molecule has 35 heavy (non-hydrogen) atoms. The van der Waals surface area contributed by atoms with Gasteiger partial charge in [0.15, 0.2) is 5.65 Å². The first-order valence-corrected chi connectivity index (χ1v) is 12.3. The number of amides is 1. The third-order valence-electron chi connectivity index (χ3n) is 6.35. The lowest BCUT2D eigenvalue weighted by molar-refractivity contribution is -0.134. The molecule has 11 heteroatoms. The van der Waals surface area contributed by atoms with Crippen LogP contribution in [0.1, 0.15) is 57.8 Å². The smallest absolute Gasteiger partial charge is 0.328 e. The van der Waals surface area contributed by atoms with E-state index in [-0.39, 0.29) is 11.8 Å². The molecule has 1 aliphatic heterocycles. The molecular weight excluding hydrogens is 452 g/mol. The second-order valence-corrected chi connectivity index (χ2v) is 8.92. The number of nitrogens with one attached hydrogen (secondary N) is 1. The van der Waals surface area contributed by atoms with Gasteiger partial charge in [0, 0.05) is 24.6 Å². The highest BCUT2D eigenvalue weighted by atomic mass is 16.4. The van der Waals surface area contributed by atoms with Crippen LogP contribution in [-0.2, 0) is 20.9 Å². The molecule has 0 spiro atoms. The number of carboxylic acid groups (broad SMARTS) is 2. The number of anilines is 1. The van der Waals surface area contributed by atoms with Crippen molar-refractivity contribution in [1.29, 1.82) is 0 Å². The van der Waals surface area contributed by atoms with Gasteiger partial charge >= 0.3 is 11.9 Å². The highest BCUT2D eigenvalue weighted by Gasteiger charge is 2.22. The first-order chi connectivity index (χ1) is 16.9. The normalized spacial score (nSPS) is 17.5. The van der Waals surface area contributed by atoms with Gasteiger partial charge in [-0.1, -0.05) is 32.1 Å². The zero-order valence-electron chi connectivity index (χ0n) is 19.9. The molecule has 3 N–H and O–H groups in total. The second kappa shape index (κ2) is 13.5. The maximum Gasteiger partial charge on any atom is 0.328 e. The molecule has 0 atom stereocenters. The average Bonchev–Trinajstić information content (AvgIpc) is 3.09. The molecule has 1 saturated carbocycles. The number of hydrogen-bond donors (Lipinski definition) is 3. The van der Waals surface area contributed by atoms with Crippen molar-refractivity contribution in [3.63, 3.8) is 0 Å². The number of likely N-dealkylation sites (tertiary alicyclic amines) is 1. The summed E-state index contributed by atoms with van der Waals surface area (Å²) in [5, 5.41) is 24.0. The lowest BCUT2D eigenvalue weighted by Crippen LogP contribution is -2.28. The van der Waals surface area contributed by atoms with Crippen molar-refractivity contribution >= 4 is 34.7 Å². The molecule has 2 aromatic rings. The number of rotatable bonds is 7. The van der Waals surface area contributed by atoms with Crippen LogP contribution in [0, 0.1) is 5.92 Å². The summed E-state index contributed by atoms with van der Waals surface area (Å²) in [5.41, 5.74) is 0.804. The van der Waals surface area contributed by atoms with Gasteiger partial charge in [-0.25, -0.2) is 24.2 Å². The second-order valence-electron chi connectivity index (χ2n) is 8.92. The highest BCUT2D eigenvalue weighted by molar-refractivity contribution is 5.99. The summed E-state index contributed by atoms with van der Waals surface area (Å²) < 4.78 is 1.94. The Morgan fingerprint density at radius 1 is 0.914 bits per heavy atom. The van der Waals surface area contributed by atoms with Crippen LogP contribution in [0.3, 0.4) is 0 Å². The molecule has 0 bridgehead atoms. The summed E-state index contributed by atoms with van der Waals surface area (Å²) in [5.74, 6) is -1.72. The summed E-state index contributed by atoms with van der Waals surface area (Å²) in [6.45, 7) is 4.16. The minimum absolute atomic E-state index is 0.0898. The number of aliphatic carboxylic acids is 2. The zero-order chi connectivity index (χ0) is 25.0. The molecule has 4 rings (SSSR count). The number of hydrogen-bond acceptors (Lipinski definition) is 7. The molecule has 3 heterocycles. The highest BCUT2D eigenvalue weighted by Crippen LogP contribution is 2.26. The molecule has 190 valence electrons. The molecule has 1 aliphatic carbocycles. The van der Waals surface area contributed by atoms with Crippen LogP contribution >= 0.6 is 0 Å². The van der Waals surface area contributed by atoms with E-state index < -0.39 is 11.9 Å².